The first kappa shape index (κ1) is 12.1. The van der Waals surface area contributed by atoms with E-state index in [4.69, 9.17) is 10.8 Å². The smallest absolute Gasteiger partial charge is 0.199 e. The van der Waals surface area contributed by atoms with Gasteiger partial charge >= 0.3 is 0 Å². The van der Waals surface area contributed by atoms with E-state index in [0.29, 0.717) is 11.4 Å². The molecule has 0 aliphatic carbocycles. The van der Waals surface area contributed by atoms with E-state index in [9.17, 15) is 0 Å². The van der Waals surface area contributed by atoms with Crippen LogP contribution in [0.25, 0.3) is 0 Å². The van der Waals surface area contributed by atoms with Gasteiger partial charge in [0.2, 0.25) is 0 Å². The molecule has 92 valence electrons. The van der Waals surface area contributed by atoms with Crippen molar-refractivity contribution >= 4 is 17.5 Å². The van der Waals surface area contributed by atoms with Gasteiger partial charge in [-0.3, -0.25) is 0 Å². The summed E-state index contributed by atoms with van der Waals surface area (Å²) in [5.74, 6) is 0.649. The molecule has 1 aromatic heterocycles. The van der Waals surface area contributed by atoms with Gasteiger partial charge < -0.3 is 16.2 Å². The molecule has 18 heavy (non-hydrogen) atoms. The Kier molecular flexibility index (Phi) is 3.88. The largest absolute Gasteiger partial charge is 0.392 e. The first-order valence-electron chi connectivity index (χ1n) is 5.50. The third-order valence-corrected chi connectivity index (χ3v) is 2.31. The normalized spacial score (nSPS) is 11.3. The van der Waals surface area contributed by atoms with Crippen molar-refractivity contribution in [2.75, 3.05) is 5.32 Å². The Morgan fingerprint density at radius 3 is 2.72 bits per heavy atom. The zero-order valence-electron chi connectivity index (χ0n) is 9.74. The Morgan fingerprint density at radius 1 is 1.22 bits per heavy atom. The monoisotopic (exact) mass is 242 g/mol. The van der Waals surface area contributed by atoms with Crippen LogP contribution in [0.15, 0.2) is 53.7 Å². The summed E-state index contributed by atoms with van der Waals surface area (Å²) in [4.78, 5) is 8.20. The van der Waals surface area contributed by atoms with Crippen molar-refractivity contribution in [3.8, 4) is 0 Å². The van der Waals surface area contributed by atoms with Crippen LogP contribution in [0.4, 0.5) is 11.5 Å². The summed E-state index contributed by atoms with van der Waals surface area (Å²) in [6.45, 7) is -0.120. The number of pyridine rings is 1. The molecule has 5 heteroatoms. The number of rotatable bonds is 3. The fourth-order valence-electron chi connectivity index (χ4n) is 1.47. The first-order valence-corrected chi connectivity index (χ1v) is 5.50. The van der Waals surface area contributed by atoms with Crippen molar-refractivity contribution in [2.45, 2.75) is 6.61 Å². The minimum Gasteiger partial charge on any atom is -0.392 e. The molecule has 0 aliphatic heterocycles. The number of guanidine groups is 1. The Bertz CT molecular complexity index is 540. The number of aromatic nitrogens is 1. The van der Waals surface area contributed by atoms with Gasteiger partial charge in [-0.2, -0.15) is 4.99 Å². The van der Waals surface area contributed by atoms with Crippen molar-refractivity contribution in [1.29, 1.82) is 0 Å². The minimum absolute atomic E-state index is 0.120. The lowest BCUT2D eigenvalue weighted by molar-refractivity contribution is 0.282. The van der Waals surface area contributed by atoms with Crippen LogP contribution < -0.4 is 11.1 Å². The average molecular weight is 242 g/mol. The molecule has 2 rings (SSSR count). The number of para-hydroxylation sites is 1. The quantitative estimate of drug-likeness (QED) is 0.564. The van der Waals surface area contributed by atoms with Crippen molar-refractivity contribution in [3.05, 3.63) is 54.2 Å². The molecule has 0 saturated heterocycles. The Labute approximate surface area is 105 Å². The highest BCUT2D eigenvalue weighted by Crippen LogP contribution is 2.15. The standard InChI is InChI=1S/C13H14N4O/c14-13(16-11-6-2-1-3-7-11)17-12-10(9-18)5-4-8-15-12/h1-8,18H,9H2,(H3,14,15,16,17). The molecular weight excluding hydrogens is 228 g/mol. The van der Waals surface area contributed by atoms with E-state index < -0.39 is 0 Å². The highest BCUT2D eigenvalue weighted by atomic mass is 16.3. The summed E-state index contributed by atoms with van der Waals surface area (Å²) in [6, 6.07) is 13.0. The number of benzene rings is 1. The number of anilines is 1. The molecule has 0 atom stereocenters. The molecule has 0 amide bonds. The van der Waals surface area contributed by atoms with Gasteiger partial charge in [0.1, 0.15) is 0 Å². The number of aliphatic hydroxyl groups excluding tert-OH is 1. The minimum atomic E-state index is -0.120. The van der Waals surface area contributed by atoms with E-state index in [-0.39, 0.29) is 12.6 Å². The molecule has 5 nitrogen and oxygen atoms in total. The van der Waals surface area contributed by atoms with Crippen LogP contribution in [0.2, 0.25) is 0 Å². The van der Waals surface area contributed by atoms with E-state index in [0.717, 1.165) is 5.69 Å². The van der Waals surface area contributed by atoms with Crippen molar-refractivity contribution in [1.82, 2.24) is 4.98 Å². The number of aliphatic hydroxyl groups is 1. The predicted octanol–water partition coefficient (Wildman–Crippen LogP) is 1.63. The fourth-order valence-corrected chi connectivity index (χ4v) is 1.47. The van der Waals surface area contributed by atoms with Crippen LogP contribution in [0, 0.1) is 0 Å². The van der Waals surface area contributed by atoms with Gasteiger partial charge in [0.25, 0.3) is 0 Å². The van der Waals surface area contributed by atoms with E-state index in [1.165, 1.54) is 0 Å². The molecule has 0 unspecified atom stereocenters. The van der Waals surface area contributed by atoms with Gasteiger partial charge in [-0.1, -0.05) is 24.3 Å². The van der Waals surface area contributed by atoms with Gasteiger partial charge in [0.15, 0.2) is 11.8 Å². The molecule has 0 saturated carbocycles. The molecule has 0 fully saturated rings. The number of nitrogens with zero attached hydrogens (tertiary/aromatic N) is 2. The highest BCUT2D eigenvalue weighted by Gasteiger charge is 2.01. The molecule has 0 spiro atoms. The summed E-state index contributed by atoms with van der Waals surface area (Å²) in [5.41, 5.74) is 7.26. The zero-order chi connectivity index (χ0) is 12.8. The van der Waals surface area contributed by atoms with Crippen LogP contribution in [-0.4, -0.2) is 16.1 Å². The number of nitrogens with two attached hydrogens (primary N) is 1. The lowest BCUT2D eigenvalue weighted by atomic mass is 10.3. The van der Waals surface area contributed by atoms with E-state index in [1.54, 1.807) is 18.3 Å². The van der Waals surface area contributed by atoms with Crippen LogP contribution in [0.3, 0.4) is 0 Å². The molecule has 1 aromatic carbocycles. The second kappa shape index (κ2) is 5.79. The predicted molar refractivity (Wildman–Crippen MR) is 71.5 cm³/mol. The first-order chi connectivity index (χ1) is 8.79. The lowest BCUT2D eigenvalue weighted by Crippen LogP contribution is -2.22. The summed E-state index contributed by atoms with van der Waals surface area (Å²) >= 11 is 0. The SMILES string of the molecule is NC(=Nc1ncccc1CO)Nc1ccccc1. The van der Waals surface area contributed by atoms with E-state index in [2.05, 4.69) is 15.3 Å². The summed E-state index contributed by atoms with van der Waals surface area (Å²) in [7, 11) is 0. The number of hydrogen-bond acceptors (Lipinski definition) is 3. The third kappa shape index (κ3) is 3.05. The van der Waals surface area contributed by atoms with Gasteiger partial charge in [0, 0.05) is 17.4 Å². The zero-order valence-corrected chi connectivity index (χ0v) is 9.74. The van der Waals surface area contributed by atoms with E-state index >= 15 is 0 Å². The molecule has 0 aliphatic rings. The summed E-state index contributed by atoms with van der Waals surface area (Å²) < 4.78 is 0. The number of nitrogens with one attached hydrogen (secondary N) is 1. The maximum Gasteiger partial charge on any atom is 0.199 e. The maximum absolute atomic E-state index is 9.15. The van der Waals surface area contributed by atoms with Crippen LogP contribution in [0.1, 0.15) is 5.56 Å². The molecule has 4 N–H and O–H groups in total. The number of hydrogen-bond donors (Lipinski definition) is 3. The lowest BCUT2D eigenvalue weighted by Gasteiger charge is -2.06. The average Bonchev–Trinajstić information content (AvgIpc) is 2.40. The molecule has 2 aromatic rings. The molecule has 0 bridgehead atoms. The molecule has 0 radical (unpaired) electrons. The molecule has 1 heterocycles. The summed E-state index contributed by atoms with van der Waals surface area (Å²) in [6.07, 6.45) is 1.60. The topological polar surface area (TPSA) is 83.5 Å². The van der Waals surface area contributed by atoms with Gasteiger partial charge in [0.05, 0.1) is 6.61 Å². The fraction of sp³-hybridized carbons (Fsp3) is 0.0769. The second-order valence-electron chi connectivity index (χ2n) is 3.63. The Balaban J connectivity index is 2.18. The van der Waals surface area contributed by atoms with Gasteiger partial charge in [-0.25, -0.2) is 4.98 Å². The van der Waals surface area contributed by atoms with Crippen molar-refractivity contribution in [3.63, 3.8) is 0 Å². The Morgan fingerprint density at radius 2 is 2.00 bits per heavy atom. The Hall–Kier alpha value is -2.40. The van der Waals surface area contributed by atoms with Crippen LogP contribution >= 0.6 is 0 Å². The number of aliphatic imine (C=N–C) groups is 1. The third-order valence-electron chi connectivity index (χ3n) is 2.31. The maximum atomic E-state index is 9.15. The van der Waals surface area contributed by atoms with Gasteiger partial charge in [-0.15, -0.1) is 0 Å². The van der Waals surface area contributed by atoms with Gasteiger partial charge in [-0.05, 0) is 18.2 Å². The van der Waals surface area contributed by atoms with Crippen molar-refractivity contribution < 1.29 is 5.11 Å². The summed E-state index contributed by atoms with van der Waals surface area (Å²) in [5, 5.41) is 12.1. The highest BCUT2D eigenvalue weighted by molar-refractivity contribution is 5.93. The van der Waals surface area contributed by atoms with E-state index in [1.807, 2.05) is 30.3 Å². The van der Waals surface area contributed by atoms with Crippen molar-refractivity contribution in [2.24, 2.45) is 10.7 Å². The van der Waals surface area contributed by atoms with Crippen LogP contribution in [-0.2, 0) is 6.61 Å². The second-order valence-corrected chi connectivity index (χ2v) is 3.63. The molecular formula is C13H14N4O. The van der Waals surface area contributed by atoms with Crippen LogP contribution in [0.5, 0.6) is 0 Å².